The molecule has 0 radical (unpaired) electrons. The van der Waals surface area contributed by atoms with Crippen LogP contribution in [0.3, 0.4) is 0 Å². The largest absolute Gasteiger partial charge is 0.525 e. The molecular formula is C18H28BFN2O3. The molecule has 2 saturated heterocycles. The van der Waals surface area contributed by atoms with Crippen LogP contribution in [0.25, 0.3) is 6.08 Å². The van der Waals surface area contributed by atoms with E-state index in [0.717, 1.165) is 49.4 Å². The van der Waals surface area contributed by atoms with Gasteiger partial charge in [0.25, 0.3) is 0 Å². The van der Waals surface area contributed by atoms with Gasteiger partial charge in [-0.05, 0) is 53.0 Å². The highest BCUT2D eigenvalue weighted by atomic mass is 19.1. The molecule has 0 aliphatic carbocycles. The summed E-state index contributed by atoms with van der Waals surface area (Å²) >= 11 is 0. The Bertz CT molecular complexity index is 635. The van der Waals surface area contributed by atoms with Crippen molar-refractivity contribution in [1.29, 1.82) is 0 Å². The fraction of sp³-hybridized carbons (Fsp3) is 0.722. The Kier molecular flexibility index (Phi) is 5.10. The first-order chi connectivity index (χ1) is 11.7. The summed E-state index contributed by atoms with van der Waals surface area (Å²) < 4.78 is 32.0. The van der Waals surface area contributed by atoms with Crippen molar-refractivity contribution in [2.24, 2.45) is 0 Å². The monoisotopic (exact) mass is 350 g/mol. The van der Waals surface area contributed by atoms with Gasteiger partial charge in [-0.3, -0.25) is 5.10 Å². The van der Waals surface area contributed by atoms with Crippen molar-refractivity contribution in [2.75, 3.05) is 13.2 Å². The molecule has 0 saturated carbocycles. The SMILES string of the molecule is CCc1[nH]nc(C2CCOCC2)c1C=C(F)B1OC(C)(C)C(C)(C)O1. The molecule has 0 aromatic carbocycles. The predicted octanol–water partition coefficient (Wildman–Crippen LogP) is 3.81. The number of hydrogen-bond acceptors (Lipinski definition) is 4. The number of aryl methyl sites for hydroxylation is 1. The molecule has 3 rings (SSSR count). The van der Waals surface area contributed by atoms with Crippen LogP contribution in [0, 0.1) is 0 Å². The average Bonchev–Trinajstić information content (AvgIpc) is 3.06. The van der Waals surface area contributed by atoms with Crippen LogP contribution in [-0.4, -0.2) is 41.7 Å². The van der Waals surface area contributed by atoms with Crippen molar-refractivity contribution in [1.82, 2.24) is 10.2 Å². The lowest BCUT2D eigenvalue weighted by Gasteiger charge is -2.32. The van der Waals surface area contributed by atoms with E-state index < -0.39 is 24.0 Å². The summed E-state index contributed by atoms with van der Waals surface area (Å²) in [6, 6.07) is 0. The Labute approximate surface area is 149 Å². The first kappa shape index (κ1) is 18.6. The van der Waals surface area contributed by atoms with Crippen LogP contribution in [0.4, 0.5) is 4.39 Å². The third kappa shape index (κ3) is 3.55. The molecule has 5 nitrogen and oxygen atoms in total. The zero-order valence-electron chi connectivity index (χ0n) is 15.8. The van der Waals surface area contributed by atoms with Crippen LogP contribution >= 0.6 is 0 Å². The van der Waals surface area contributed by atoms with Gasteiger partial charge in [0.2, 0.25) is 0 Å². The molecule has 25 heavy (non-hydrogen) atoms. The fourth-order valence-corrected chi connectivity index (χ4v) is 3.28. The molecule has 2 aliphatic rings. The van der Waals surface area contributed by atoms with Gasteiger partial charge in [-0.2, -0.15) is 5.10 Å². The number of aromatic amines is 1. The topological polar surface area (TPSA) is 56.4 Å². The van der Waals surface area contributed by atoms with Gasteiger partial charge < -0.3 is 14.0 Å². The molecule has 1 N–H and O–H groups in total. The molecule has 0 spiro atoms. The van der Waals surface area contributed by atoms with Crippen LogP contribution in [-0.2, 0) is 20.5 Å². The lowest BCUT2D eigenvalue weighted by Crippen LogP contribution is -2.41. The third-order valence-corrected chi connectivity index (χ3v) is 5.63. The van der Waals surface area contributed by atoms with E-state index in [1.54, 1.807) is 0 Å². The summed E-state index contributed by atoms with van der Waals surface area (Å²) in [5, 5.41) is 7.54. The molecule has 1 aromatic heterocycles. The molecule has 7 heteroatoms. The summed E-state index contributed by atoms with van der Waals surface area (Å²) in [6.07, 6.45) is 4.12. The Hall–Kier alpha value is -1.18. The van der Waals surface area contributed by atoms with Crippen LogP contribution < -0.4 is 0 Å². The van der Waals surface area contributed by atoms with E-state index in [9.17, 15) is 4.39 Å². The number of nitrogens with zero attached hydrogens (tertiary/aromatic N) is 1. The van der Waals surface area contributed by atoms with Crippen LogP contribution in [0.1, 0.15) is 70.3 Å². The maximum Gasteiger partial charge on any atom is 0.525 e. The van der Waals surface area contributed by atoms with Gasteiger partial charge in [0.15, 0.2) is 0 Å². The Morgan fingerprint density at radius 1 is 1.24 bits per heavy atom. The summed E-state index contributed by atoms with van der Waals surface area (Å²) in [5.74, 6) is 0.294. The van der Waals surface area contributed by atoms with Crippen LogP contribution in [0.15, 0.2) is 5.73 Å². The van der Waals surface area contributed by atoms with E-state index in [-0.39, 0.29) is 0 Å². The van der Waals surface area contributed by atoms with E-state index >= 15 is 0 Å². The van der Waals surface area contributed by atoms with Crippen molar-refractivity contribution in [3.05, 3.63) is 22.7 Å². The number of halogens is 1. The Morgan fingerprint density at radius 3 is 2.40 bits per heavy atom. The van der Waals surface area contributed by atoms with E-state index in [1.807, 2.05) is 34.6 Å². The maximum atomic E-state index is 15.0. The number of aromatic nitrogens is 2. The molecule has 0 unspecified atom stereocenters. The Morgan fingerprint density at radius 2 is 1.84 bits per heavy atom. The van der Waals surface area contributed by atoms with E-state index in [0.29, 0.717) is 5.92 Å². The second-order valence-electron chi connectivity index (χ2n) is 7.86. The summed E-state index contributed by atoms with van der Waals surface area (Å²) in [7, 11) is -0.979. The first-order valence-electron chi connectivity index (χ1n) is 9.13. The quantitative estimate of drug-likeness (QED) is 0.839. The number of H-pyrrole nitrogens is 1. The van der Waals surface area contributed by atoms with Crippen LogP contribution in [0.2, 0.25) is 0 Å². The molecule has 2 fully saturated rings. The summed E-state index contributed by atoms with van der Waals surface area (Å²) in [5.41, 5.74) is 1.16. The van der Waals surface area contributed by atoms with Crippen LogP contribution in [0.5, 0.6) is 0 Å². The molecule has 1 aromatic rings. The molecule has 0 atom stereocenters. The minimum absolute atomic E-state index is 0.294. The van der Waals surface area contributed by atoms with Gasteiger partial charge in [-0.25, -0.2) is 4.39 Å². The number of ether oxygens (including phenoxy) is 1. The number of rotatable bonds is 4. The normalized spacial score (nSPS) is 24.1. The maximum absolute atomic E-state index is 15.0. The molecular weight excluding hydrogens is 322 g/mol. The highest BCUT2D eigenvalue weighted by molar-refractivity contribution is 6.54. The van der Waals surface area contributed by atoms with Gasteiger partial charge in [0.1, 0.15) is 5.73 Å². The van der Waals surface area contributed by atoms with Crippen molar-refractivity contribution < 1.29 is 18.4 Å². The molecule has 3 heterocycles. The smallest absolute Gasteiger partial charge is 0.398 e. The second kappa shape index (κ2) is 6.85. The van der Waals surface area contributed by atoms with Crippen molar-refractivity contribution in [2.45, 2.75) is 71.0 Å². The predicted molar refractivity (Wildman–Crippen MR) is 95.9 cm³/mol. The third-order valence-electron chi connectivity index (χ3n) is 5.63. The van der Waals surface area contributed by atoms with E-state index in [1.165, 1.54) is 6.08 Å². The zero-order valence-corrected chi connectivity index (χ0v) is 15.8. The van der Waals surface area contributed by atoms with Gasteiger partial charge in [0.05, 0.1) is 16.9 Å². The van der Waals surface area contributed by atoms with Gasteiger partial charge >= 0.3 is 7.12 Å². The summed E-state index contributed by atoms with van der Waals surface area (Å²) in [4.78, 5) is 0. The van der Waals surface area contributed by atoms with Gasteiger partial charge in [-0.1, -0.05) is 6.92 Å². The molecule has 138 valence electrons. The highest BCUT2D eigenvalue weighted by Gasteiger charge is 2.53. The minimum Gasteiger partial charge on any atom is -0.398 e. The van der Waals surface area contributed by atoms with Gasteiger partial charge in [-0.15, -0.1) is 0 Å². The second-order valence-corrected chi connectivity index (χ2v) is 7.86. The molecule has 0 amide bonds. The minimum atomic E-state index is -0.979. The zero-order chi connectivity index (χ0) is 18.2. The average molecular weight is 350 g/mol. The van der Waals surface area contributed by atoms with E-state index in [4.69, 9.17) is 14.0 Å². The van der Waals surface area contributed by atoms with Crippen molar-refractivity contribution >= 4 is 13.2 Å². The number of nitrogens with one attached hydrogen (secondary N) is 1. The van der Waals surface area contributed by atoms with Gasteiger partial charge in [0, 0.05) is 30.4 Å². The Balaban J connectivity index is 1.88. The number of hydrogen-bond donors (Lipinski definition) is 1. The lowest BCUT2D eigenvalue weighted by atomic mass is 9.85. The molecule has 0 bridgehead atoms. The summed E-state index contributed by atoms with van der Waals surface area (Å²) in [6.45, 7) is 11.2. The lowest BCUT2D eigenvalue weighted by molar-refractivity contribution is 0.00578. The highest BCUT2D eigenvalue weighted by Crippen LogP contribution is 2.39. The standard InChI is InChI=1S/C18H28BFN2O3/c1-6-14-13(16(22-21-14)12-7-9-23-10-8-12)11-15(20)19-24-17(2,3)18(4,5)25-19/h11-12H,6-10H2,1-5H3,(H,21,22). The van der Waals surface area contributed by atoms with Crippen molar-refractivity contribution in [3.8, 4) is 0 Å². The molecule has 2 aliphatic heterocycles. The first-order valence-corrected chi connectivity index (χ1v) is 9.13. The van der Waals surface area contributed by atoms with E-state index in [2.05, 4.69) is 10.2 Å². The van der Waals surface area contributed by atoms with Crippen molar-refractivity contribution in [3.63, 3.8) is 0 Å². The fourth-order valence-electron chi connectivity index (χ4n) is 3.28.